The van der Waals surface area contributed by atoms with Crippen molar-refractivity contribution in [3.05, 3.63) is 74.7 Å². The molecule has 37 heavy (non-hydrogen) atoms. The van der Waals surface area contributed by atoms with Crippen LogP contribution in [0.4, 0.5) is 10.2 Å². The van der Waals surface area contributed by atoms with Gasteiger partial charge < -0.3 is 14.4 Å². The maximum absolute atomic E-state index is 15.1. The normalized spacial score (nSPS) is 20.4. The van der Waals surface area contributed by atoms with Crippen LogP contribution in [0.5, 0.6) is 0 Å². The fourth-order valence-electron chi connectivity index (χ4n) is 4.77. The molecule has 1 aromatic carbocycles. The Hall–Kier alpha value is -3.34. The van der Waals surface area contributed by atoms with Crippen LogP contribution >= 0.6 is 11.6 Å². The van der Waals surface area contributed by atoms with E-state index < -0.39 is 5.82 Å². The van der Waals surface area contributed by atoms with E-state index in [1.165, 1.54) is 10.6 Å². The molecule has 0 bridgehead atoms. The van der Waals surface area contributed by atoms with Gasteiger partial charge in [0.15, 0.2) is 11.5 Å². The van der Waals surface area contributed by atoms with Gasteiger partial charge in [-0.25, -0.2) is 9.37 Å². The average molecular weight is 525 g/mol. The van der Waals surface area contributed by atoms with Gasteiger partial charge in [-0.15, -0.1) is 5.10 Å². The number of ether oxygens (including phenoxy) is 2. The summed E-state index contributed by atoms with van der Waals surface area (Å²) >= 11 is 6.01. The topological polar surface area (TPSA) is 86.8 Å². The number of fused-ring (bicyclic) bond motifs is 1. The number of benzene rings is 1. The van der Waals surface area contributed by atoms with E-state index >= 15 is 4.39 Å². The van der Waals surface area contributed by atoms with Crippen LogP contribution in [0.1, 0.15) is 35.9 Å². The fraction of sp³-hybridized carbons (Fsp3) is 0.385. The highest BCUT2D eigenvalue weighted by molar-refractivity contribution is 6.30. The Bertz CT molecular complexity index is 1570. The van der Waals surface area contributed by atoms with Gasteiger partial charge in [-0.05, 0) is 45.0 Å². The third-order valence-corrected chi connectivity index (χ3v) is 7.28. The zero-order chi connectivity index (χ0) is 25.8. The summed E-state index contributed by atoms with van der Waals surface area (Å²) in [7, 11) is 0. The molecule has 192 valence electrons. The number of anilines is 1. The van der Waals surface area contributed by atoms with Crippen molar-refractivity contribution in [2.24, 2.45) is 0 Å². The second kappa shape index (κ2) is 9.20. The van der Waals surface area contributed by atoms with Crippen LogP contribution in [0.3, 0.4) is 0 Å². The van der Waals surface area contributed by atoms with Crippen LogP contribution in [0.15, 0.2) is 41.5 Å². The number of aromatic nitrogens is 5. The first-order valence-corrected chi connectivity index (χ1v) is 12.5. The Morgan fingerprint density at radius 3 is 2.68 bits per heavy atom. The number of halogens is 2. The van der Waals surface area contributed by atoms with Gasteiger partial charge in [0.05, 0.1) is 38.1 Å². The Kier molecular flexibility index (Phi) is 5.97. The quantitative estimate of drug-likeness (QED) is 0.400. The molecule has 5 heterocycles. The van der Waals surface area contributed by atoms with Crippen molar-refractivity contribution in [3.63, 3.8) is 0 Å². The highest BCUT2D eigenvalue weighted by Gasteiger charge is 2.31. The highest BCUT2D eigenvalue weighted by atomic mass is 35.5. The lowest BCUT2D eigenvalue weighted by Crippen LogP contribution is -2.43. The first-order chi connectivity index (χ1) is 17.8. The lowest BCUT2D eigenvalue weighted by atomic mass is 10.1. The van der Waals surface area contributed by atoms with E-state index in [0.717, 1.165) is 5.56 Å². The molecule has 2 fully saturated rings. The molecule has 2 atom stereocenters. The molecule has 0 N–H and O–H groups in total. The summed E-state index contributed by atoms with van der Waals surface area (Å²) in [6.45, 7) is 7.82. The minimum Gasteiger partial charge on any atom is -0.377 e. The van der Waals surface area contributed by atoms with Gasteiger partial charge in [0.2, 0.25) is 0 Å². The van der Waals surface area contributed by atoms with Gasteiger partial charge in [-0.2, -0.15) is 9.61 Å². The van der Waals surface area contributed by atoms with Crippen LogP contribution in [-0.2, 0) is 9.47 Å². The molecule has 3 aromatic heterocycles. The minimum atomic E-state index is -0.500. The zero-order valence-electron chi connectivity index (χ0n) is 20.7. The van der Waals surface area contributed by atoms with E-state index in [1.54, 1.807) is 32.0 Å². The van der Waals surface area contributed by atoms with Crippen LogP contribution in [0.2, 0.25) is 5.02 Å². The van der Waals surface area contributed by atoms with Gasteiger partial charge in [0, 0.05) is 45.7 Å². The Morgan fingerprint density at radius 1 is 1.14 bits per heavy atom. The molecule has 11 heteroatoms. The second-order valence-corrected chi connectivity index (χ2v) is 10.1. The van der Waals surface area contributed by atoms with Crippen molar-refractivity contribution in [1.82, 2.24) is 24.4 Å². The van der Waals surface area contributed by atoms with Crippen molar-refractivity contribution >= 4 is 23.1 Å². The molecule has 0 spiro atoms. The number of hydrogen-bond acceptors (Lipinski definition) is 7. The number of morpholine rings is 1. The molecule has 6 rings (SSSR count). The molecule has 0 aliphatic carbocycles. The standard InChI is InChI=1S/C26H26ClFN6O3/c1-14-9-32(11-23(37-14)17-8-29-33(10-17)19-12-36-13-19)24-7-21(20-5-4-18(27)6-22(20)28)25-30-16(3)15(2)26(35)34(25)31-24/h4-8,10,14,19,23H,9,11-13H2,1-3H3/t14-,23-/m1/s1. The summed E-state index contributed by atoms with van der Waals surface area (Å²) in [4.78, 5) is 19.9. The second-order valence-electron chi connectivity index (χ2n) is 9.69. The SMILES string of the molecule is Cc1nc2c(-c3ccc(Cl)cc3F)cc(N3C[C@@H](C)O[C@@H](c4cnn(C5COC5)c4)C3)nn2c(=O)c1C. The van der Waals surface area contributed by atoms with Gasteiger partial charge >= 0.3 is 0 Å². The predicted molar refractivity (Wildman–Crippen MR) is 137 cm³/mol. The smallest absolute Gasteiger partial charge is 0.277 e. The van der Waals surface area contributed by atoms with Crippen LogP contribution in [-0.4, -0.2) is 56.8 Å². The number of hydrogen-bond donors (Lipinski definition) is 0. The van der Waals surface area contributed by atoms with Crippen LogP contribution in [0.25, 0.3) is 16.8 Å². The monoisotopic (exact) mass is 524 g/mol. The lowest BCUT2D eigenvalue weighted by molar-refractivity contribution is -0.0297. The van der Waals surface area contributed by atoms with Gasteiger partial charge in [-0.3, -0.25) is 9.48 Å². The number of aryl methyl sites for hydroxylation is 1. The molecule has 4 aromatic rings. The first kappa shape index (κ1) is 24.0. The summed E-state index contributed by atoms with van der Waals surface area (Å²) in [6.07, 6.45) is 3.46. The summed E-state index contributed by atoms with van der Waals surface area (Å²) < 4.78 is 29.8. The Balaban J connectivity index is 1.45. The number of rotatable bonds is 4. The lowest BCUT2D eigenvalue weighted by Gasteiger charge is -2.37. The van der Waals surface area contributed by atoms with E-state index in [1.807, 2.05) is 24.0 Å². The van der Waals surface area contributed by atoms with Crippen molar-refractivity contribution in [3.8, 4) is 11.1 Å². The van der Waals surface area contributed by atoms with Gasteiger partial charge in [0.25, 0.3) is 5.56 Å². The fourth-order valence-corrected chi connectivity index (χ4v) is 4.93. The van der Waals surface area contributed by atoms with Gasteiger partial charge in [0.1, 0.15) is 11.9 Å². The predicted octanol–water partition coefficient (Wildman–Crippen LogP) is 3.90. The minimum absolute atomic E-state index is 0.114. The van der Waals surface area contributed by atoms with E-state index in [0.29, 0.717) is 60.2 Å². The maximum atomic E-state index is 15.1. The molecule has 9 nitrogen and oxygen atoms in total. The Labute approximate surface area is 217 Å². The highest BCUT2D eigenvalue weighted by Crippen LogP contribution is 2.33. The van der Waals surface area contributed by atoms with Crippen molar-refractivity contribution < 1.29 is 13.9 Å². The number of nitrogens with zero attached hydrogens (tertiary/aromatic N) is 6. The maximum Gasteiger partial charge on any atom is 0.277 e. The molecule has 0 saturated carbocycles. The molecule has 2 aliphatic rings. The summed E-state index contributed by atoms with van der Waals surface area (Å²) in [5.74, 6) is 0.0311. The van der Waals surface area contributed by atoms with E-state index in [2.05, 4.69) is 20.1 Å². The van der Waals surface area contributed by atoms with Crippen LogP contribution < -0.4 is 10.5 Å². The van der Waals surface area contributed by atoms with Crippen molar-refractivity contribution in [2.45, 2.75) is 39.0 Å². The van der Waals surface area contributed by atoms with E-state index in [9.17, 15) is 4.79 Å². The molecular formula is C26H26ClFN6O3. The Morgan fingerprint density at radius 2 is 1.95 bits per heavy atom. The first-order valence-electron chi connectivity index (χ1n) is 12.2. The van der Waals surface area contributed by atoms with Gasteiger partial charge in [-0.1, -0.05) is 11.6 Å². The third kappa shape index (κ3) is 4.28. The molecule has 0 unspecified atom stereocenters. The summed E-state index contributed by atoms with van der Waals surface area (Å²) in [6, 6.07) is 6.50. The molecule has 0 radical (unpaired) electrons. The molecular weight excluding hydrogens is 499 g/mol. The van der Waals surface area contributed by atoms with Crippen LogP contribution in [0, 0.1) is 19.7 Å². The molecule has 2 aliphatic heterocycles. The summed E-state index contributed by atoms with van der Waals surface area (Å²) in [5.41, 5.74) is 2.78. The van der Waals surface area contributed by atoms with Crippen molar-refractivity contribution in [2.75, 3.05) is 31.2 Å². The average Bonchev–Trinajstić information content (AvgIpc) is 3.30. The zero-order valence-corrected chi connectivity index (χ0v) is 21.4. The largest absolute Gasteiger partial charge is 0.377 e. The third-order valence-electron chi connectivity index (χ3n) is 7.04. The van der Waals surface area contributed by atoms with E-state index in [4.69, 9.17) is 21.1 Å². The van der Waals surface area contributed by atoms with E-state index in [-0.39, 0.29) is 28.8 Å². The molecule has 2 saturated heterocycles. The molecule has 0 amide bonds. The summed E-state index contributed by atoms with van der Waals surface area (Å²) in [5, 5.41) is 9.46. The van der Waals surface area contributed by atoms with Crippen molar-refractivity contribution in [1.29, 1.82) is 0 Å².